The van der Waals surface area contributed by atoms with Gasteiger partial charge in [0, 0.05) is 24.1 Å². The zero-order valence-corrected chi connectivity index (χ0v) is 13.3. The third-order valence-electron chi connectivity index (χ3n) is 3.68. The molecule has 0 bridgehead atoms. The minimum Gasteiger partial charge on any atom is -0.466 e. The Morgan fingerprint density at radius 3 is 2.95 bits per heavy atom. The number of benzene rings is 1. The molecule has 1 aliphatic rings. The molecule has 1 aromatic carbocycles. The molecule has 0 spiro atoms. The number of ether oxygens (including phenoxy) is 1. The Hall–Kier alpha value is -1.97. The van der Waals surface area contributed by atoms with Gasteiger partial charge in [-0.05, 0) is 32.3 Å². The molecule has 120 valence electrons. The van der Waals surface area contributed by atoms with Crippen LogP contribution < -0.4 is 10.3 Å². The fraction of sp³-hybridized carbons (Fsp3) is 0.500. The molecular formula is C18H25NO3. The summed E-state index contributed by atoms with van der Waals surface area (Å²) in [6.45, 7) is 2.32. The summed E-state index contributed by atoms with van der Waals surface area (Å²) in [5.74, 6) is 0.838. The number of fused-ring (bicyclic) bond motifs is 1. The molecule has 0 unspecified atom stereocenters. The van der Waals surface area contributed by atoms with E-state index in [0.717, 1.165) is 50.0 Å². The summed E-state index contributed by atoms with van der Waals surface area (Å²) < 4.78 is 4.91. The normalized spacial score (nSPS) is 14.9. The van der Waals surface area contributed by atoms with Gasteiger partial charge in [0.1, 0.15) is 0 Å². The van der Waals surface area contributed by atoms with Crippen molar-refractivity contribution in [3.05, 3.63) is 41.6 Å². The number of rotatable bonds is 8. The average molecular weight is 303 g/mol. The number of carbonyl (C=O) groups excluding carboxylic acids is 1. The van der Waals surface area contributed by atoms with Crippen LogP contribution >= 0.6 is 0 Å². The molecule has 0 aliphatic carbocycles. The summed E-state index contributed by atoms with van der Waals surface area (Å²) in [6, 6.07) is 8.09. The Balaban J connectivity index is 1.58. The lowest BCUT2D eigenvalue weighted by atomic mass is 10.1. The lowest BCUT2D eigenvalue weighted by molar-refractivity contribution is -0.143. The van der Waals surface area contributed by atoms with E-state index >= 15 is 0 Å². The molecule has 4 heteroatoms. The van der Waals surface area contributed by atoms with Crippen molar-refractivity contribution in [2.24, 2.45) is 0 Å². The minimum atomic E-state index is -0.0770. The molecule has 0 amide bonds. The van der Waals surface area contributed by atoms with Crippen LogP contribution in [0.25, 0.3) is 0 Å². The molecule has 1 aliphatic heterocycles. The van der Waals surface area contributed by atoms with Crippen LogP contribution in [0, 0.1) is 0 Å². The Bertz CT molecular complexity index is 511. The van der Waals surface area contributed by atoms with Crippen LogP contribution in [0.5, 0.6) is 5.75 Å². The molecule has 4 nitrogen and oxygen atoms in total. The van der Waals surface area contributed by atoms with E-state index < -0.39 is 0 Å². The zero-order valence-electron chi connectivity index (χ0n) is 13.3. The van der Waals surface area contributed by atoms with E-state index in [2.05, 4.69) is 17.6 Å². The molecular weight excluding hydrogens is 278 g/mol. The van der Waals surface area contributed by atoms with Crippen molar-refractivity contribution in [3.8, 4) is 5.75 Å². The van der Waals surface area contributed by atoms with Gasteiger partial charge in [0.15, 0.2) is 5.75 Å². The smallest absolute Gasteiger partial charge is 0.305 e. The van der Waals surface area contributed by atoms with Crippen LogP contribution in [0.1, 0.15) is 51.0 Å². The molecule has 22 heavy (non-hydrogen) atoms. The van der Waals surface area contributed by atoms with E-state index in [4.69, 9.17) is 9.57 Å². The number of para-hydroxylation sites is 1. The van der Waals surface area contributed by atoms with E-state index in [1.165, 1.54) is 5.56 Å². The highest BCUT2D eigenvalue weighted by Crippen LogP contribution is 2.24. The maximum Gasteiger partial charge on any atom is 0.305 e. The second-order valence-corrected chi connectivity index (χ2v) is 5.48. The van der Waals surface area contributed by atoms with Gasteiger partial charge in [-0.25, -0.2) is 5.48 Å². The topological polar surface area (TPSA) is 47.6 Å². The number of hydrogen-bond acceptors (Lipinski definition) is 4. The standard InChI is InChI=1S/C18H25NO3/c1-2-21-18(20)13-7-5-3-4-6-11-16-14-15-10-8-9-12-17(15)22-19-16/h8-12,19H,2-7,13-14H2,1H3. The first-order valence-electron chi connectivity index (χ1n) is 8.15. The number of esters is 1. The quantitative estimate of drug-likeness (QED) is 0.584. The summed E-state index contributed by atoms with van der Waals surface area (Å²) in [6.07, 6.45) is 8.96. The fourth-order valence-corrected chi connectivity index (χ4v) is 2.50. The SMILES string of the molecule is CCOC(=O)CCCCCCC=C1Cc2ccccc2ON1. The van der Waals surface area contributed by atoms with Gasteiger partial charge in [0.2, 0.25) is 0 Å². The van der Waals surface area contributed by atoms with Gasteiger partial charge in [-0.1, -0.05) is 37.1 Å². The zero-order chi connectivity index (χ0) is 15.6. The largest absolute Gasteiger partial charge is 0.466 e. The second-order valence-electron chi connectivity index (χ2n) is 5.48. The monoisotopic (exact) mass is 303 g/mol. The van der Waals surface area contributed by atoms with E-state index in [-0.39, 0.29) is 5.97 Å². The maximum atomic E-state index is 11.2. The van der Waals surface area contributed by atoms with E-state index in [1.54, 1.807) is 0 Å². The third kappa shape index (κ3) is 5.43. The van der Waals surface area contributed by atoms with Crippen molar-refractivity contribution in [1.82, 2.24) is 5.48 Å². The molecule has 0 aromatic heterocycles. The van der Waals surface area contributed by atoms with Crippen LogP contribution in [0.3, 0.4) is 0 Å². The Morgan fingerprint density at radius 2 is 2.09 bits per heavy atom. The van der Waals surface area contributed by atoms with Gasteiger partial charge in [0.05, 0.1) is 6.61 Å². The van der Waals surface area contributed by atoms with Crippen LogP contribution in [0.4, 0.5) is 0 Å². The van der Waals surface area contributed by atoms with Crippen LogP contribution in [-0.4, -0.2) is 12.6 Å². The van der Waals surface area contributed by atoms with Gasteiger partial charge in [-0.2, -0.15) is 0 Å². The lowest BCUT2D eigenvalue weighted by Crippen LogP contribution is -2.24. The first-order valence-corrected chi connectivity index (χ1v) is 8.15. The predicted octanol–water partition coefficient (Wildman–Crippen LogP) is 3.91. The van der Waals surface area contributed by atoms with Gasteiger partial charge < -0.3 is 9.57 Å². The van der Waals surface area contributed by atoms with Crippen LogP contribution in [0.15, 0.2) is 36.0 Å². The molecule has 0 fully saturated rings. The van der Waals surface area contributed by atoms with E-state index in [9.17, 15) is 4.79 Å². The lowest BCUT2D eigenvalue weighted by Gasteiger charge is -2.20. The Kier molecular flexibility index (Phi) is 6.81. The van der Waals surface area contributed by atoms with Crippen molar-refractivity contribution in [2.45, 2.75) is 51.9 Å². The van der Waals surface area contributed by atoms with Gasteiger partial charge >= 0.3 is 5.97 Å². The number of unbranched alkanes of at least 4 members (excludes halogenated alkanes) is 4. The molecule has 2 rings (SSSR count). The molecule has 1 heterocycles. The first-order chi connectivity index (χ1) is 10.8. The predicted molar refractivity (Wildman–Crippen MR) is 86.3 cm³/mol. The molecule has 0 atom stereocenters. The number of nitrogens with one attached hydrogen (secondary N) is 1. The maximum absolute atomic E-state index is 11.2. The highest BCUT2D eigenvalue weighted by Gasteiger charge is 2.12. The molecule has 0 saturated carbocycles. The fourth-order valence-electron chi connectivity index (χ4n) is 2.50. The molecule has 0 radical (unpaired) electrons. The Morgan fingerprint density at radius 1 is 1.27 bits per heavy atom. The van der Waals surface area contributed by atoms with E-state index in [0.29, 0.717) is 13.0 Å². The second kappa shape index (κ2) is 9.13. The third-order valence-corrected chi connectivity index (χ3v) is 3.68. The summed E-state index contributed by atoms with van der Waals surface area (Å²) in [4.78, 5) is 16.7. The minimum absolute atomic E-state index is 0.0770. The van der Waals surface area contributed by atoms with Crippen molar-refractivity contribution in [3.63, 3.8) is 0 Å². The van der Waals surface area contributed by atoms with Crippen molar-refractivity contribution >= 4 is 5.97 Å². The van der Waals surface area contributed by atoms with E-state index in [1.807, 2.05) is 25.1 Å². The van der Waals surface area contributed by atoms with Crippen molar-refractivity contribution in [1.29, 1.82) is 0 Å². The highest BCUT2D eigenvalue weighted by atomic mass is 16.6. The first kappa shape index (κ1) is 16.4. The number of carbonyl (C=O) groups is 1. The molecule has 0 saturated heterocycles. The van der Waals surface area contributed by atoms with Crippen molar-refractivity contribution < 1.29 is 14.4 Å². The summed E-state index contributed by atoms with van der Waals surface area (Å²) >= 11 is 0. The van der Waals surface area contributed by atoms with Gasteiger partial charge in [-0.15, -0.1) is 0 Å². The summed E-state index contributed by atoms with van der Waals surface area (Å²) in [5.41, 5.74) is 5.36. The summed E-state index contributed by atoms with van der Waals surface area (Å²) in [7, 11) is 0. The highest BCUT2D eigenvalue weighted by molar-refractivity contribution is 5.69. The molecule has 1 aromatic rings. The van der Waals surface area contributed by atoms with Crippen molar-refractivity contribution in [2.75, 3.05) is 6.61 Å². The Labute approximate surface area is 132 Å². The number of hydroxylamine groups is 1. The number of hydrogen-bond donors (Lipinski definition) is 1. The summed E-state index contributed by atoms with van der Waals surface area (Å²) in [5, 5.41) is 0. The number of allylic oxidation sites excluding steroid dienone is 2. The van der Waals surface area contributed by atoms with Crippen LogP contribution in [0.2, 0.25) is 0 Å². The molecule has 1 N–H and O–H groups in total. The average Bonchev–Trinajstić information content (AvgIpc) is 2.54. The van der Waals surface area contributed by atoms with Gasteiger partial charge in [-0.3, -0.25) is 4.79 Å². The van der Waals surface area contributed by atoms with Crippen LogP contribution in [-0.2, 0) is 16.0 Å². The van der Waals surface area contributed by atoms with Gasteiger partial charge in [0.25, 0.3) is 0 Å².